The zero-order chi connectivity index (χ0) is 23.5. The summed E-state index contributed by atoms with van der Waals surface area (Å²) in [5, 5.41) is 4.16. The van der Waals surface area contributed by atoms with E-state index in [1.54, 1.807) is 34.9 Å². The molecule has 2 aliphatic rings. The Kier molecular flexibility index (Phi) is 6.97. The summed E-state index contributed by atoms with van der Waals surface area (Å²) in [6.07, 6.45) is 6.18. The fourth-order valence-corrected chi connectivity index (χ4v) is 5.64. The summed E-state index contributed by atoms with van der Waals surface area (Å²) in [6, 6.07) is 11.7. The SMILES string of the molecule is O=C(NC1CCCC1)c1ccc2c(=O)n(C[C@H]3CCCO3)c(SCc3ccc(F)cc3)nc2c1. The third kappa shape index (κ3) is 5.18. The molecule has 1 aliphatic carbocycles. The van der Waals surface area contributed by atoms with E-state index in [0.29, 0.717) is 40.5 Å². The maximum atomic E-state index is 13.5. The molecule has 1 saturated heterocycles. The number of aromatic nitrogens is 2. The Morgan fingerprint density at radius 1 is 1.12 bits per heavy atom. The molecule has 2 aromatic carbocycles. The Labute approximate surface area is 201 Å². The van der Waals surface area contributed by atoms with Gasteiger partial charge in [-0.15, -0.1) is 0 Å². The second-order valence-electron chi connectivity index (χ2n) is 9.05. The first-order valence-corrected chi connectivity index (χ1v) is 12.9. The van der Waals surface area contributed by atoms with Gasteiger partial charge >= 0.3 is 0 Å². The van der Waals surface area contributed by atoms with Crippen LogP contribution in [-0.2, 0) is 17.0 Å². The van der Waals surface area contributed by atoms with Crippen LogP contribution in [0.25, 0.3) is 10.9 Å². The minimum atomic E-state index is -0.281. The molecule has 0 unspecified atom stereocenters. The second-order valence-corrected chi connectivity index (χ2v) is 9.99. The van der Waals surface area contributed by atoms with Gasteiger partial charge in [-0.1, -0.05) is 36.7 Å². The van der Waals surface area contributed by atoms with Crippen molar-refractivity contribution in [2.45, 2.75) is 68.1 Å². The molecule has 6 nitrogen and oxygen atoms in total. The van der Waals surface area contributed by atoms with Crippen LogP contribution in [0.15, 0.2) is 52.4 Å². The first-order chi connectivity index (χ1) is 16.6. The van der Waals surface area contributed by atoms with Crippen LogP contribution in [0.1, 0.15) is 54.4 Å². The lowest BCUT2D eigenvalue weighted by atomic mass is 10.1. The van der Waals surface area contributed by atoms with Gasteiger partial charge in [-0.2, -0.15) is 0 Å². The molecule has 1 N–H and O–H groups in total. The molecule has 8 heteroatoms. The lowest BCUT2D eigenvalue weighted by Gasteiger charge is -2.17. The van der Waals surface area contributed by atoms with Crippen LogP contribution in [-0.4, -0.2) is 34.2 Å². The van der Waals surface area contributed by atoms with E-state index in [4.69, 9.17) is 9.72 Å². The molecule has 3 aromatic rings. The predicted octanol–water partition coefficient (Wildman–Crippen LogP) is 4.68. The van der Waals surface area contributed by atoms with Gasteiger partial charge in [0.25, 0.3) is 11.5 Å². The molecule has 0 radical (unpaired) electrons. The maximum absolute atomic E-state index is 13.5. The van der Waals surface area contributed by atoms with Gasteiger partial charge in [0.05, 0.1) is 23.6 Å². The monoisotopic (exact) mass is 481 g/mol. The summed E-state index contributed by atoms with van der Waals surface area (Å²) in [6.45, 7) is 1.15. The topological polar surface area (TPSA) is 73.2 Å². The Balaban J connectivity index is 1.46. The Hall–Kier alpha value is -2.71. The van der Waals surface area contributed by atoms with Crippen molar-refractivity contribution in [2.75, 3.05) is 6.61 Å². The number of hydrogen-bond acceptors (Lipinski definition) is 5. The molecule has 1 atom stereocenters. The van der Waals surface area contributed by atoms with Crippen molar-refractivity contribution in [3.63, 3.8) is 0 Å². The number of halogens is 1. The Bertz CT molecular complexity index is 1230. The lowest BCUT2D eigenvalue weighted by Crippen LogP contribution is -2.32. The number of amides is 1. The van der Waals surface area contributed by atoms with E-state index in [2.05, 4.69) is 5.32 Å². The number of nitrogens with zero attached hydrogens (tertiary/aromatic N) is 2. The van der Waals surface area contributed by atoms with Gasteiger partial charge < -0.3 is 10.1 Å². The standard InChI is InChI=1S/C26H28FN3O3S/c27-19-10-7-17(8-11-19)16-34-26-29-23-14-18(24(31)28-20-4-1-2-5-20)9-12-22(23)25(32)30(26)15-21-6-3-13-33-21/h7-12,14,20-21H,1-6,13,15-16H2,(H,28,31)/t21-/m1/s1. The van der Waals surface area contributed by atoms with Crippen LogP contribution in [0.4, 0.5) is 4.39 Å². The second kappa shape index (κ2) is 10.3. The molecular formula is C26H28FN3O3S. The number of thioether (sulfide) groups is 1. The average molecular weight is 482 g/mol. The number of carbonyl (C=O) groups excluding carboxylic acids is 1. The van der Waals surface area contributed by atoms with Crippen molar-refractivity contribution >= 4 is 28.6 Å². The summed E-state index contributed by atoms with van der Waals surface area (Å²) >= 11 is 1.43. The minimum absolute atomic E-state index is 0.0152. The summed E-state index contributed by atoms with van der Waals surface area (Å²) in [5.41, 5.74) is 1.82. The van der Waals surface area contributed by atoms with E-state index >= 15 is 0 Å². The highest BCUT2D eigenvalue weighted by atomic mass is 32.2. The van der Waals surface area contributed by atoms with Crippen LogP contribution in [0.3, 0.4) is 0 Å². The lowest BCUT2D eigenvalue weighted by molar-refractivity contribution is 0.0935. The van der Waals surface area contributed by atoms with E-state index < -0.39 is 0 Å². The molecule has 34 heavy (non-hydrogen) atoms. The number of hydrogen-bond donors (Lipinski definition) is 1. The maximum Gasteiger partial charge on any atom is 0.262 e. The Morgan fingerprint density at radius 2 is 1.91 bits per heavy atom. The number of nitrogens with one attached hydrogen (secondary N) is 1. The molecule has 5 rings (SSSR count). The zero-order valence-corrected chi connectivity index (χ0v) is 19.8. The van der Waals surface area contributed by atoms with Crippen LogP contribution >= 0.6 is 11.8 Å². The first-order valence-electron chi connectivity index (χ1n) is 11.9. The van der Waals surface area contributed by atoms with Crippen LogP contribution in [0, 0.1) is 5.82 Å². The third-order valence-electron chi connectivity index (χ3n) is 6.56. The van der Waals surface area contributed by atoms with E-state index in [9.17, 15) is 14.0 Å². The fraction of sp³-hybridized carbons (Fsp3) is 0.423. The molecule has 2 fully saturated rings. The average Bonchev–Trinajstić information content (AvgIpc) is 3.55. The van der Waals surface area contributed by atoms with Gasteiger partial charge in [0.1, 0.15) is 5.82 Å². The predicted molar refractivity (Wildman–Crippen MR) is 131 cm³/mol. The van der Waals surface area contributed by atoms with Crippen molar-refractivity contribution in [1.82, 2.24) is 14.9 Å². The minimum Gasteiger partial charge on any atom is -0.376 e. The van der Waals surface area contributed by atoms with Gasteiger partial charge in [-0.05, 0) is 61.6 Å². The molecule has 1 saturated carbocycles. The summed E-state index contributed by atoms with van der Waals surface area (Å²) in [5.74, 6) is 0.141. The zero-order valence-electron chi connectivity index (χ0n) is 19.0. The number of benzene rings is 2. The third-order valence-corrected chi connectivity index (χ3v) is 7.61. The molecule has 1 amide bonds. The van der Waals surface area contributed by atoms with E-state index in [-0.39, 0.29) is 29.4 Å². The van der Waals surface area contributed by atoms with Gasteiger partial charge in [0, 0.05) is 24.0 Å². The van der Waals surface area contributed by atoms with Crippen molar-refractivity contribution in [2.24, 2.45) is 0 Å². The van der Waals surface area contributed by atoms with Gasteiger partial charge in [-0.3, -0.25) is 14.2 Å². The quantitative estimate of drug-likeness (QED) is 0.392. The van der Waals surface area contributed by atoms with Gasteiger partial charge in [0.2, 0.25) is 0 Å². The fourth-order valence-electron chi connectivity index (χ4n) is 4.67. The van der Waals surface area contributed by atoms with Crippen molar-refractivity contribution in [1.29, 1.82) is 0 Å². The largest absolute Gasteiger partial charge is 0.376 e. The van der Waals surface area contributed by atoms with Crippen molar-refractivity contribution in [3.8, 4) is 0 Å². The summed E-state index contributed by atoms with van der Waals surface area (Å²) < 4.78 is 20.8. The van der Waals surface area contributed by atoms with E-state index in [1.165, 1.54) is 23.9 Å². The number of rotatable bonds is 7. The molecular weight excluding hydrogens is 453 g/mol. The van der Waals surface area contributed by atoms with E-state index in [1.807, 2.05) is 0 Å². The normalized spacial score (nSPS) is 18.6. The highest BCUT2D eigenvalue weighted by molar-refractivity contribution is 7.98. The number of carbonyl (C=O) groups is 1. The summed E-state index contributed by atoms with van der Waals surface area (Å²) in [7, 11) is 0. The van der Waals surface area contributed by atoms with Gasteiger partial charge in [0.15, 0.2) is 5.16 Å². The molecule has 2 heterocycles. The number of fused-ring (bicyclic) bond motifs is 1. The Morgan fingerprint density at radius 3 is 2.65 bits per heavy atom. The summed E-state index contributed by atoms with van der Waals surface area (Å²) in [4.78, 5) is 31.0. The van der Waals surface area contributed by atoms with Gasteiger partial charge in [-0.25, -0.2) is 9.37 Å². The first kappa shape index (κ1) is 23.1. The number of ether oxygens (including phenoxy) is 1. The smallest absolute Gasteiger partial charge is 0.262 e. The van der Waals surface area contributed by atoms with Crippen molar-refractivity contribution < 1.29 is 13.9 Å². The van der Waals surface area contributed by atoms with Crippen LogP contribution in [0.2, 0.25) is 0 Å². The molecule has 0 spiro atoms. The molecule has 0 bridgehead atoms. The molecule has 1 aromatic heterocycles. The van der Waals surface area contributed by atoms with Crippen LogP contribution in [0.5, 0.6) is 0 Å². The van der Waals surface area contributed by atoms with E-state index in [0.717, 1.165) is 44.1 Å². The van der Waals surface area contributed by atoms with Crippen molar-refractivity contribution in [3.05, 3.63) is 69.8 Å². The van der Waals surface area contributed by atoms with Crippen LogP contribution < -0.4 is 10.9 Å². The molecule has 1 aliphatic heterocycles. The molecule has 178 valence electrons. The highest BCUT2D eigenvalue weighted by Crippen LogP contribution is 2.25. The highest BCUT2D eigenvalue weighted by Gasteiger charge is 2.22.